The van der Waals surface area contributed by atoms with Crippen LogP contribution in [0.4, 0.5) is 15.2 Å². The van der Waals surface area contributed by atoms with E-state index in [9.17, 15) is 4.39 Å². The minimum absolute atomic E-state index is 0.230. The Balaban J connectivity index is 2.36. The molecule has 2 nitrogen and oxygen atoms in total. The lowest BCUT2D eigenvalue weighted by molar-refractivity contribution is 0.627. The first-order valence-corrected chi connectivity index (χ1v) is 6.52. The van der Waals surface area contributed by atoms with Crippen LogP contribution in [0.15, 0.2) is 34.2 Å². The number of anilines is 2. The van der Waals surface area contributed by atoms with Crippen LogP contribution in [0.2, 0.25) is 0 Å². The third-order valence-electron chi connectivity index (χ3n) is 2.13. The number of aromatic nitrogens is 1. The SMILES string of the molecule is CCN(c1cccc(F)c1)c1nc(Br)cs1. The number of hydrogen-bond acceptors (Lipinski definition) is 3. The molecule has 16 heavy (non-hydrogen) atoms. The van der Waals surface area contributed by atoms with Crippen LogP contribution in [-0.4, -0.2) is 11.5 Å². The molecule has 5 heteroatoms. The molecule has 0 amide bonds. The minimum atomic E-state index is -0.230. The first-order valence-electron chi connectivity index (χ1n) is 4.85. The highest BCUT2D eigenvalue weighted by Crippen LogP contribution is 2.30. The van der Waals surface area contributed by atoms with Gasteiger partial charge in [-0.3, -0.25) is 0 Å². The van der Waals surface area contributed by atoms with Crippen molar-refractivity contribution in [1.29, 1.82) is 0 Å². The Kier molecular flexibility index (Phi) is 3.56. The Morgan fingerprint density at radius 3 is 2.88 bits per heavy atom. The van der Waals surface area contributed by atoms with E-state index in [1.807, 2.05) is 23.3 Å². The lowest BCUT2D eigenvalue weighted by atomic mass is 10.3. The van der Waals surface area contributed by atoms with Crippen molar-refractivity contribution in [3.8, 4) is 0 Å². The molecule has 0 aliphatic rings. The van der Waals surface area contributed by atoms with Crippen molar-refractivity contribution in [2.45, 2.75) is 6.92 Å². The predicted octanol–water partition coefficient (Wildman–Crippen LogP) is 4.20. The smallest absolute Gasteiger partial charge is 0.190 e. The molecule has 0 N–H and O–H groups in total. The van der Waals surface area contributed by atoms with E-state index >= 15 is 0 Å². The number of hydrogen-bond donors (Lipinski definition) is 0. The van der Waals surface area contributed by atoms with Gasteiger partial charge in [-0.05, 0) is 41.1 Å². The first kappa shape index (κ1) is 11.5. The Labute approximate surface area is 106 Å². The minimum Gasteiger partial charge on any atom is -0.318 e. The van der Waals surface area contributed by atoms with Crippen LogP contribution in [0.25, 0.3) is 0 Å². The molecule has 2 aromatic rings. The third kappa shape index (κ3) is 2.41. The van der Waals surface area contributed by atoms with Gasteiger partial charge in [-0.2, -0.15) is 0 Å². The second-order valence-corrected chi connectivity index (χ2v) is 4.83. The Morgan fingerprint density at radius 1 is 1.50 bits per heavy atom. The fraction of sp³-hybridized carbons (Fsp3) is 0.182. The second-order valence-electron chi connectivity index (χ2n) is 3.18. The van der Waals surface area contributed by atoms with Crippen molar-refractivity contribution in [2.24, 2.45) is 0 Å². The van der Waals surface area contributed by atoms with Gasteiger partial charge in [0, 0.05) is 17.6 Å². The number of rotatable bonds is 3. The molecule has 84 valence electrons. The summed E-state index contributed by atoms with van der Waals surface area (Å²) in [6, 6.07) is 6.53. The lowest BCUT2D eigenvalue weighted by Gasteiger charge is -2.19. The Morgan fingerprint density at radius 2 is 2.31 bits per heavy atom. The van der Waals surface area contributed by atoms with Crippen LogP contribution in [0, 0.1) is 5.82 Å². The largest absolute Gasteiger partial charge is 0.318 e. The van der Waals surface area contributed by atoms with Crippen LogP contribution < -0.4 is 4.90 Å². The van der Waals surface area contributed by atoms with Gasteiger partial charge in [0.15, 0.2) is 5.13 Å². The van der Waals surface area contributed by atoms with E-state index in [1.165, 1.54) is 23.5 Å². The number of nitrogens with zero attached hydrogens (tertiary/aromatic N) is 2. The van der Waals surface area contributed by atoms with Crippen molar-refractivity contribution in [3.63, 3.8) is 0 Å². The lowest BCUT2D eigenvalue weighted by Crippen LogP contribution is -2.15. The Bertz CT molecular complexity index is 486. The van der Waals surface area contributed by atoms with Crippen molar-refractivity contribution >= 4 is 38.1 Å². The van der Waals surface area contributed by atoms with E-state index in [-0.39, 0.29) is 5.82 Å². The van der Waals surface area contributed by atoms with Gasteiger partial charge in [0.25, 0.3) is 0 Å². The van der Waals surface area contributed by atoms with E-state index in [2.05, 4.69) is 20.9 Å². The van der Waals surface area contributed by atoms with E-state index < -0.39 is 0 Å². The first-order chi connectivity index (χ1) is 7.70. The summed E-state index contributed by atoms with van der Waals surface area (Å²) in [4.78, 5) is 6.30. The van der Waals surface area contributed by atoms with Crippen LogP contribution >= 0.6 is 27.3 Å². The molecule has 1 aromatic heterocycles. The summed E-state index contributed by atoms with van der Waals surface area (Å²) in [5.41, 5.74) is 0.823. The summed E-state index contributed by atoms with van der Waals surface area (Å²) in [5, 5.41) is 2.78. The highest BCUT2D eigenvalue weighted by atomic mass is 79.9. The summed E-state index contributed by atoms with van der Waals surface area (Å²) < 4.78 is 13.9. The fourth-order valence-corrected chi connectivity index (χ4v) is 2.78. The quantitative estimate of drug-likeness (QED) is 0.844. The molecule has 0 unspecified atom stereocenters. The van der Waals surface area contributed by atoms with Crippen LogP contribution in [0.1, 0.15) is 6.92 Å². The molecule has 0 saturated heterocycles. The average Bonchev–Trinajstić information content (AvgIpc) is 2.66. The van der Waals surface area contributed by atoms with Gasteiger partial charge in [0.05, 0.1) is 0 Å². The van der Waals surface area contributed by atoms with E-state index in [4.69, 9.17) is 0 Å². The number of halogens is 2. The normalized spacial score (nSPS) is 10.4. The highest BCUT2D eigenvalue weighted by Gasteiger charge is 2.11. The van der Waals surface area contributed by atoms with Gasteiger partial charge < -0.3 is 4.90 Å². The molecule has 0 radical (unpaired) electrons. The van der Waals surface area contributed by atoms with Gasteiger partial charge in [0.2, 0.25) is 0 Å². The summed E-state index contributed by atoms with van der Waals surface area (Å²) >= 11 is 4.84. The molecule has 1 aromatic carbocycles. The molecule has 1 heterocycles. The van der Waals surface area contributed by atoms with Gasteiger partial charge in [0.1, 0.15) is 10.4 Å². The van der Waals surface area contributed by atoms with Gasteiger partial charge >= 0.3 is 0 Å². The molecule has 0 bridgehead atoms. The van der Waals surface area contributed by atoms with Crippen molar-refractivity contribution < 1.29 is 4.39 Å². The maximum atomic E-state index is 13.1. The molecule has 0 spiro atoms. The summed E-state index contributed by atoms with van der Waals surface area (Å²) in [6.45, 7) is 2.77. The summed E-state index contributed by atoms with van der Waals surface area (Å²) in [5.74, 6) is -0.230. The standard InChI is InChI=1S/C11H10BrFN2S/c1-2-15(11-14-10(12)7-16-11)9-5-3-4-8(13)6-9/h3-7H,2H2,1H3. The van der Waals surface area contributed by atoms with Crippen molar-refractivity contribution in [3.05, 3.63) is 40.1 Å². The fourth-order valence-electron chi connectivity index (χ4n) is 1.44. The average molecular weight is 301 g/mol. The molecular formula is C11H10BrFN2S. The molecule has 0 saturated carbocycles. The van der Waals surface area contributed by atoms with Crippen molar-refractivity contribution in [2.75, 3.05) is 11.4 Å². The third-order valence-corrected chi connectivity index (χ3v) is 3.70. The van der Waals surface area contributed by atoms with E-state index in [0.29, 0.717) is 0 Å². The Hall–Kier alpha value is -0.940. The zero-order chi connectivity index (χ0) is 11.5. The zero-order valence-electron chi connectivity index (χ0n) is 8.65. The maximum absolute atomic E-state index is 13.1. The van der Waals surface area contributed by atoms with Crippen LogP contribution in [0.5, 0.6) is 0 Å². The molecule has 2 rings (SSSR count). The second kappa shape index (κ2) is 4.93. The van der Waals surface area contributed by atoms with E-state index in [0.717, 1.165) is 22.0 Å². The number of benzene rings is 1. The topological polar surface area (TPSA) is 16.1 Å². The van der Waals surface area contributed by atoms with Gasteiger partial charge in [-0.15, -0.1) is 11.3 Å². The van der Waals surface area contributed by atoms with E-state index in [1.54, 1.807) is 6.07 Å². The number of thiazole rings is 1. The molecule has 0 atom stereocenters. The summed E-state index contributed by atoms with van der Waals surface area (Å²) in [7, 11) is 0. The summed E-state index contributed by atoms with van der Waals surface area (Å²) in [6.07, 6.45) is 0. The van der Waals surface area contributed by atoms with Gasteiger partial charge in [-0.25, -0.2) is 9.37 Å². The van der Waals surface area contributed by atoms with Crippen LogP contribution in [-0.2, 0) is 0 Å². The highest BCUT2D eigenvalue weighted by molar-refractivity contribution is 9.10. The van der Waals surface area contributed by atoms with Crippen molar-refractivity contribution in [1.82, 2.24) is 4.98 Å². The zero-order valence-corrected chi connectivity index (χ0v) is 11.1. The molecule has 0 aliphatic heterocycles. The molecule has 0 fully saturated rings. The predicted molar refractivity (Wildman–Crippen MR) is 68.9 cm³/mol. The monoisotopic (exact) mass is 300 g/mol. The van der Waals surface area contributed by atoms with Gasteiger partial charge in [-0.1, -0.05) is 6.07 Å². The molecular weight excluding hydrogens is 291 g/mol. The van der Waals surface area contributed by atoms with Crippen LogP contribution in [0.3, 0.4) is 0 Å². The molecule has 0 aliphatic carbocycles. The maximum Gasteiger partial charge on any atom is 0.190 e.